The van der Waals surface area contributed by atoms with Gasteiger partial charge in [0.05, 0.1) is 28.8 Å². The zero-order chi connectivity index (χ0) is 15.8. The van der Waals surface area contributed by atoms with Gasteiger partial charge in [-0.3, -0.25) is 14.5 Å². The smallest absolute Gasteiger partial charge is 0.310 e. The van der Waals surface area contributed by atoms with Gasteiger partial charge >= 0.3 is 5.97 Å². The van der Waals surface area contributed by atoms with E-state index in [2.05, 4.69) is 4.98 Å². The molecule has 4 heterocycles. The van der Waals surface area contributed by atoms with Gasteiger partial charge in [0.25, 0.3) is 0 Å². The molecule has 2 bridgehead atoms. The molecule has 1 amide bonds. The number of ether oxygens (including phenoxy) is 1. The molecule has 2 fully saturated rings. The standard InChI is InChI=1S/C16H12N2O4S/c19-13-12-11(14(20)21)9-5-6-16(12,22-9)7-18(13)15-17-8-3-1-2-4-10(8)23-15/h1-6,9,11-12H,7H2,(H,20,21)/t9-,11-,12-,16+/m1/s1. The number of fused-ring (bicyclic) bond motifs is 2. The number of carbonyl (C=O) groups is 2. The molecule has 0 unspecified atom stereocenters. The van der Waals surface area contributed by atoms with E-state index in [1.807, 2.05) is 30.3 Å². The van der Waals surface area contributed by atoms with Crippen molar-refractivity contribution in [3.8, 4) is 0 Å². The Balaban J connectivity index is 1.58. The maximum Gasteiger partial charge on any atom is 0.310 e. The lowest BCUT2D eigenvalue weighted by atomic mass is 9.77. The molecule has 6 nitrogen and oxygen atoms in total. The molecule has 0 saturated carbocycles. The van der Waals surface area contributed by atoms with Crippen LogP contribution in [0.2, 0.25) is 0 Å². The molecule has 2 saturated heterocycles. The van der Waals surface area contributed by atoms with Crippen LogP contribution >= 0.6 is 11.3 Å². The summed E-state index contributed by atoms with van der Waals surface area (Å²) in [7, 11) is 0. The highest BCUT2D eigenvalue weighted by molar-refractivity contribution is 7.22. The Morgan fingerprint density at radius 1 is 1.43 bits per heavy atom. The monoisotopic (exact) mass is 328 g/mol. The third-order valence-corrected chi connectivity index (χ3v) is 5.96. The number of hydrogen-bond acceptors (Lipinski definition) is 5. The zero-order valence-corrected chi connectivity index (χ0v) is 12.7. The second-order valence-corrected chi connectivity index (χ2v) is 7.14. The van der Waals surface area contributed by atoms with E-state index in [4.69, 9.17) is 4.74 Å². The van der Waals surface area contributed by atoms with Crippen molar-refractivity contribution in [2.75, 3.05) is 11.4 Å². The summed E-state index contributed by atoms with van der Waals surface area (Å²) in [6.07, 6.45) is 3.12. The first-order chi connectivity index (χ1) is 11.1. The first kappa shape index (κ1) is 13.2. The molecule has 23 heavy (non-hydrogen) atoms. The number of thiazole rings is 1. The number of rotatable bonds is 2. The van der Waals surface area contributed by atoms with Crippen molar-refractivity contribution in [3.05, 3.63) is 36.4 Å². The summed E-state index contributed by atoms with van der Waals surface area (Å²) >= 11 is 1.44. The van der Waals surface area contributed by atoms with Crippen LogP contribution < -0.4 is 4.90 Å². The van der Waals surface area contributed by atoms with Crippen LogP contribution in [0.25, 0.3) is 10.2 Å². The second-order valence-electron chi connectivity index (χ2n) is 6.13. The first-order valence-corrected chi connectivity index (χ1v) is 8.18. The van der Waals surface area contributed by atoms with Crippen molar-refractivity contribution >= 4 is 38.6 Å². The summed E-state index contributed by atoms with van der Waals surface area (Å²) < 4.78 is 6.88. The highest BCUT2D eigenvalue weighted by Gasteiger charge is 2.67. The number of para-hydroxylation sites is 1. The number of aliphatic carboxylic acids is 1. The average Bonchev–Trinajstić information content (AvgIpc) is 3.25. The molecule has 3 aliphatic rings. The van der Waals surface area contributed by atoms with Crippen molar-refractivity contribution in [2.24, 2.45) is 11.8 Å². The van der Waals surface area contributed by atoms with Gasteiger partial charge in [-0.25, -0.2) is 4.98 Å². The van der Waals surface area contributed by atoms with Crippen LogP contribution in [0, 0.1) is 11.8 Å². The van der Waals surface area contributed by atoms with Gasteiger partial charge in [0, 0.05) is 0 Å². The number of carboxylic acid groups (broad SMARTS) is 1. The number of hydrogen-bond donors (Lipinski definition) is 1. The van der Waals surface area contributed by atoms with Crippen LogP contribution in [-0.4, -0.2) is 40.2 Å². The molecule has 0 aliphatic carbocycles. The van der Waals surface area contributed by atoms with Crippen molar-refractivity contribution < 1.29 is 19.4 Å². The van der Waals surface area contributed by atoms with Crippen molar-refractivity contribution in [1.82, 2.24) is 4.98 Å². The highest BCUT2D eigenvalue weighted by atomic mass is 32.1. The van der Waals surface area contributed by atoms with Crippen LogP contribution in [0.4, 0.5) is 5.13 Å². The molecule has 1 spiro atoms. The quantitative estimate of drug-likeness (QED) is 0.848. The van der Waals surface area contributed by atoms with E-state index in [1.165, 1.54) is 11.3 Å². The van der Waals surface area contributed by atoms with Gasteiger partial charge in [0.15, 0.2) is 5.13 Å². The summed E-state index contributed by atoms with van der Waals surface area (Å²) in [4.78, 5) is 30.5. The van der Waals surface area contributed by atoms with E-state index in [0.717, 1.165) is 10.2 Å². The van der Waals surface area contributed by atoms with E-state index in [-0.39, 0.29) is 5.91 Å². The summed E-state index contributed by atoms with van der Waals surface area (Å²) in [5, 5.41) is 10.1. The van der Waals surface area contributed by atoms with Gasteiger partial charge in [0.1, 0.15) is 11.5 Å². The Bertz CT molecular complexity index is 858. The molecule has 1 N–H and O–H groups in total. The molecule has 4 atom stereocenters. The molecular formula is C16H12N2O4S. The molecule has 116 valence electrons. The Hall–Kier alpha value is -2.25. The van der Waals surface area contributed by atoms with E-state index >= 15 is 0 Å². The van der Waals surface area contributed by atoms with Crippen molar-refractivity contribution in [1.29, 1.82) is 0 Å². The zero-order valence-electron chi connectivity index (χ0n) is 11.9. The predicted molar refractivity (Wildman–Crippen MR) is 83.3 cm³/mol. The molecule has 1 aromatic carbocycles. The van der Waals surface area contributed by atoms with E-state index < -0.39 is 29.5 Å². The third kappa shape index (κ3) is 1.58. The van der Waals surface area contributed by atoms with Gasteiger partial charge in [0.2, 0.25) is 5.91 Å². The Labute approximate surface area is 135 Å². The van der Waals surface area contributed by atoms with Crippen molar-refractivity contribution in [2.45, 2.75) is 11.7 Å². The molecule has 0 radical (unpaired) electrons. The molecule has 5 rings (SSSR count). The van der Waals surface area contributed by atoms with Crippen LogP contribution in [-0.2, 0) is 14.3 Å². The Kier molecular flexibility index (Phi) is 2.40. The van der Waals surface area contributed by atoms with Gasteiger partial charge in [-0.15, -0.1) is 0 Å². The fourth-order valence-corrected chi connectivity index (χ4v) is 4.89. The Morgan fingerprint density at radius 3 is 3.04 bits per heavy atom. The van der Waals surface area contributed by atoms with Gasteiger partial charge < -0.3 is 9.84 Å². The molecule has 3 aliphatic heterocycles. The summed E-state index contributed by atoms with van der Waals surface area (Å²) in [5.41, 5.74) is 0.0215. The lowest BCUT2D eigenvalue weighted by molar-refractivity contribution is -0.146. The maximum absolute atomic E-state index is 12.9. The number of nitrogens with zero attached hydrogens (tertiary/aromatic N) is 2. The third-order valence-electron chi connectivity index (χ3n) is 4.90. The van der Waals surface area contributed by atoms with Crippen LogP contribution in [0.1, 0.15) is 0 Å². The van der Waals surface area contributed by atoms with Gasteiger partial charge in [-0.05, 0) is 12.1 Å². The van der Waals surface area contributed by atoms with Crippen LogP contribution in [0.5, 0.6) is 0 Å². The first-order valence-electron chi connectivity index (χ1n) is 7.36. The van der Waals surface area contributed by atoms with E-state index in [9.17, 15) is 14.7 Å². The summed E-state index contributed by atoms with van der Waals surface area (Å²) in [5.74, 6) is -2.66. The molecular weight excluding hydrogens is 316 g/mol. The average molecular weight is 328 g/mol. The topological polar surface area (TPSA) is 79.7 Å². The largest absolute Gasteiger partial charge is 0.481 e. The minimum atomic E-state index is -0.981. The number of amides is 1. The maximum atomic E-state index is 12.9. The number of anilines is 1. The summed E-state index contributed by atoms with van der Waals surface area (Å²) in [6.45, 7) is 0.326. The van der Waals surface area contributed by atoms with E-state index in [0.29, 0.717) is 11.7 Å². The van der Waals surface area contributed by atoms with E-state index in [1.54, 1.807) is 11.0 Å². The SMILES string of the molecule is O=C(O)[C@@H]1[C@H]2C=C[C@@]3(CN(c4nc5ccccc5s4)C(=O)[C@@H]13)O2. The number of aromatic nitrogens is 1. The summed E-state index contributed by atoms with van der Waals surface area (Å²) in [6, 6.07) is 7.69. The number of carboxylic acids is 1. The molecule has 2 aromatic rings. The lowest BCUT2D eigenvalue weighted by Crippen LogP contribution is -2.39. The molecule has 7 heteroatoms. The second kappa shape index (κ2) is 4.18. The lowest BCUT2D eigenvalue weighted by Gasteiger charge is -2.21. The van der Waals surface area contributed by atoms with Crippen LogP contribution in [0.15, 0.2) is 36.4 Å². The van der Waals surface area contributed by atoms with Crippen molar-refractivity contribution in [3.63, 3.8) is 0 Å². The van der Waals surface area contributed by atoms with Gasteiger partial charge in [-0.2, -0.15) is 0 Å². The number of benzene rings is 1. The predicted octanol–water partition coefficient (Wildman–Crippen LogP) is 1.67. The normalized spacial score (nSPS) is 34.5. The van der Waals surface area contributed by atoms with Gasteiger partial charge in [-0.1, -0.05) is 35.6 Å². The van der Waals surface area contributed by atoms with Crippen LogP contribution in [0.3, 0.4) is 0 Å². The Morgan fingerprint density at radius 2 is 2.26 bits per heavy atom. The molecule has 1 aromatic heterocycles. The minimum absolute atomic E-state index is 0.205. The number of carbonyl (C=O) groups excluding carboxylic acids is 1. The highest BCUT2D eigenvalue weighted by Crippen LogP contribution is 2.53. The fourth-order valence-electron chi connectivity index (χ4n) is 3.92. The fraction of sp³-hybridized carbons (Fsp3) is 0.312. The minimum Gasteiger partial charge on any atom is -0.481 e.